The maximum Gasteiger partial charge on any atom is 0.289 e. The van der Waals surface area contributed by atoms with Gasteiger partial charge in [0.15, 0.2) is 0 Å². The molecule has 1 saturated carbocycles. The standard InChI is InChI=1S/C23H29ClN4O6/c1-11-8-13(21(31)25-11)9-18(19(29)23(33)26-15-5-6-15)28-22(32)16-10-14(24)4-7-17(16)27-20(30)12(2)34-3/h4,7,10-13,15,18H,5-6,8-9H2,1-3H3,(H,25,31)(H,26,33)(H,27,30)(H,28,32)/t11-,12?,13+,18?/m1/s1. The van der Waals surface area contributed by atoms with Crippen molar-refractivity contribution >= 4 is 46.7 Å². The first-order valence-electron chi connectivity index (χ1n) is 11.2. The largest absolute Gasteiger partial charge is 0.372 e. The van der Waals surface area contributed by atoms with Crippen molar-refractivity contribution in [1.82, 2.24) is 16.0 Å². The molecule has 4 atom stereocenters. The second-order valence-corrected chi connectivity index (χ2v) is 9.21. The molecule has 2 unspecified atom stereocenters. The fourth-order valence-electron chi connectivity index (χ4n) is 3.71. The van der Waals surface area contributed by atoms with Crippen molar-refractivity contribution in [3.8, 4) is 0 Å². The number of rotatable bonds is 10. The van der Waals surface area contributed by atoms with Crippen molar-refractivity contribution in [3.63, 3.8) is 0 Å². The zero-order valence-corrected chi connectivity index (χ0v) is 20.0. The van der Waals surface area contributed by atoms with Gasteiger partial charge in [-0.25, -0.2) is 0 Å². The number of ether oxygens (including phenoxy) is 1. The van der Waals surface area contributed by atoms with Gasteiger partial charge in [0.25, 0.3) is 17.7 Å². The molecule has 1 saturated heterocycles. The number of halogens is 1. The van der Waals surface area contributed by atoms with Gasteiger partial charge < -0.3 is 26.0 Å². The quantitative estimate of drug-likeness (QED) is 0.361. The second kappa shape index (κ2) is 11.0. The number of nitrogens with one attached hydrogen (secondary N) is 4. The SMILES string of the molecule is COC(C)C(=O)Nc1ccc(Cl)cc1C(=O)NC(C[C@@H]1C[C@@H](C)NC1=O)C(=O)C(=O)NC1CC1. The molecule has 11 heteroatoms. The van der Waals surface area contributed by atoms with Crippen molar-refractivity contribution in [2.24, 2.45) is 5.92 Å². The molecule has 4 N–H and O–H groups in total. The van der Waals surface area contributed by atoms with Gasteiger partial charge in [-0.1, -0.05) is 11.6 Å². The number of carbonyl (C=O) groups excluding carboxylic acids is 5. The van der Waals surface area contributed by atoms with Gasteiger partial charge >= 0.3 is 0 Å². The van der Waals surface area contributed by atoms with Gasteiger partial charge in [-0.15, -0.1) is 0 Å². The lowest BCUT2D eigenvalue weighted by Gasteiger charge is -2.21. The van der Waals surface area contributed by atoms with E-state index in [1.807, 2.05) is 6.92 Å². The van der Waals surface area contributed by atoms with E-state index in [4.69, 9.17) is 16.3 Å². The zero-order chi connectivity index (χ0) is 25.0. The third-order valence-electron chi connectivity index (χ3n) is 5.88. The van der Waals surface area contributed by atoms with E-state index < -0.39 is 41.6 Å². The molecule has 2 aliphatic rings. The summed E-state index contributed by atoms with van der Waals surface area (Å²) in [5, 5.41) is 10.8. The van der Waals surface area contributed by atoms with E-state index in [2.05, 4.69) is 21.3 Å². The Morgan fingerprint density at radius 1 is 1.24 bits per heavy atom. The Balaban J connectivity index is 1.82. The molecule has 0 spiro atoms. The first kappa shape index (κ1) is 25.6. The molecule has 0 radical (unpaired) electrons. The molecular weight excluding hydrogens is 464 g/mol. The van der Waals surface area contributed by atoms with Gasteiger partial charge in [0.2, 0.25) is 11.7 Å². The molecular formula is C23H29ClN4O6. The molecule has 1 aromatic rings. The van der Waals surface area contributed by atoms with Crippen LogP contribution in [0.3, 0.4) is 0 Å². The Morgan fingerprint density at radius 3 is 2.53 bits per heavy atom. The topological polar surface area (TPSA) is 143 Å². The summed E-state index contributed by atoms with van der Waals surface area (Å²) >= 11 is 6.07. The van der Waals surface area contributed by atoms with Crippen molar-refractivity contribution in [1.29, 1.82) is 0 Å². The lowest BCUT2D eigenvalue weighted by molar-refractivity contribution is -0.139. The van der Waals surface area contributed by atoms with Crippen LogP contribution < -0.4 is 21.3 Å². The van der Waals surface area contributed by atoms with E-state index in [9.17, 15) is 24.0 Å². The van der Waals surface area contributed by atoms with Crippen LogP contribution in [0.4, 0.5) is 5.69 Å². The number of methoxy groups -OCH3 is 1. The molecule has 184 valence electrons. The maximum absolute atomic E-state index is 13.2. The van der Waals surface area contributed by atoms with Gasteiger partial charge in [-0.05, 0) is 57.7 Å². The Bertz CT molecular complexity index is 996. The Hall–Kier alpha value is -2.98. The van der Waals surface area contributed by atoms with Crippen molar-refractivity contribution in [3.05, 3.63) is 28.8 Å². The second-order valence-electron chi connectivity index (χ2n) is 8.77. The maximum atomic E-state index is 13.2. The first-order chi connectivity index (χ1) is 16.1. The molecule has 0 aromatic heterocycles. The number of benzene rings is 1. The predicted octanol–water partition coefficient (Wildman–Crippen LogP) is 1.17. The summed E-state index contributed by atoms with van der Waals surface area (Å²) in [6.45, 7) is 3.39. The van der Waals surface area contributed by atoms with Crippen LogP contribution in [0.25, 0.3) is 0 Å². The third kappa shape index (κ3) is 6.54. The van der Waals surface area contributed by atoms with Crippen LogP contribution in [0.2, 0.25) is 5.02 Å². The Kier molecular flexibility index (Phi) is 8.27. The summed E-state index contributed by atoms with van der Waals surface area (Å²) in [6, 6.07) is 2.97. The molecule has 1 aliphatic carbocycles. The van der Waals surface area contributed by atoms with Crippen LogP contribution in [0.1, 0.15) is 49.9 Å². The normalized spacial score (nSPS) is 21.2. The lowest BCUT2D eigenvalue weighted by atomic mass is 9.93. The minimum Gasteiger partial charge on any atom is -0.372 e. The van der Waals surface area contributed by atoms with Gasteiger partial charge in [0.05, 0.1) is 17.3 Å². The number of hydrogen-bond donors (Lipinski definition) is 4. The molecule has 4 amide bonds. The minimum atomic E-state index is -1.23. The van der Waals surface area contributed by atoms with Crippen LogP contribution in [0.15, 0.2) is 18.2 Å². The van der Waals surface area contributed by atoms with E-state index in [1.54, 1.807) is 6.92 Å². The van der Waals surface area contributed by atoms with E-state index in [0.717, 1.165) is 12.8 Å². The number of hydrogen-bond acceptors (Lipinski definition) is 6. The fraction of sp³-hybridized carbons (Fsp3) is 0.522. The molecule has 1 heterocycles. The summed E-state index contributed by atoms with van der Waals surface area (Å²) in [7, 11) is 1.38. The lowest BCUT2D eigenvalue weighted by Crippen LogP contribution is -2.49. The summed E-state index contributed by atoms with van der Waals surface area (Å²) in [6.07, 6.45) is 1.28. The Labute approximate surface area is 202 Å². The van der Waals surface area contributed by atoms with E-state index >= 15 is 0 Å². The molecule has 1 aromatic carbocycles. The smallest absolute Gasteiger partial charge is 0.289 e. The van der Waals surface area contributed by atoms with Gasteiger partial charge in [-0.3, -0.25) is 24.0 Å². The van der Waals surface area contributed by atoms with Crippen molar-refractivity contribution < 1.29 is 28.7 Å². The molecule has 2 fully saturated rings. The highest BCUT2D eigenvalue weighted by atomic mass is 35.5. The van der Waals surface area contributed by atoms with Crippen molar-refractivity contribution in [2.75, 3.05) is 12.4 Å². The summed E-state index contributed by atoms with van der Waals surface area (Å²) in [5.41, 5.74) is 0.172. The number of amides is 4. The highest BCUT2D eigenvalue weighted by Crippen LogP contribution is 2.24. The van der Waals surface area contributed by atoms with E-state index in [-0.39, 0.29) is 40.7 Å². The van der Waals surface area contributed by atoms with Crippen LogP contribution in [0, 0.1) is 5.92 Å². The van der Waals surface area contributed by atoms with Crippen LogP contribution >= 0.6 is 11.6 Å². The van der Waals surface area contributed by atoms with Crippen LogP contribution in [-0.4, -0.2) is 60.8 Å². The average Bonchev–Trinajstić information content (AvgIpc) is 3.55. The summed E-state index contributed by atoms with van der Waals surface area (Å²) < 4.78 is 4.99. The highest BCUT2D eigenvalue weighted by Gasteiger charge is 2.37. The van der Waals surface area contributed by atoms with Gasteiger partial charge in [-0.2, -0.15) is 0 Å². The summed E-state index contributed by atoms with van der Waals surface area (Å²) in [5.74, 6) is -3.58. The number of Topliss-reactive ketones (excluding diaryl/α,β-unsaturated/α-hetero) is 1. The highest BCUT2D eigenvalue weighted by molar-refractivity contribution is 6.38. The minimum absolute atomic E-state index is 0.00814. The number of carbonyl (C=O) groups is 5. The third-order valence-corrected chi connectivity index (χ3v) is 6.12. The van der Waals surface area contributed by atoms with Crippen LogP contribution in [0.5, 0.6) is 0 Å². The van der Waals surface area contributed by atoms with Gasteiger partial charge in [0, 0.05) is 30.1 Å². The first-order valence-corrected chi connectivity index (χ1v) is 11.6. The van der Waals surface area contributed by atoms with Crippen molar-refractivity contribution in [2.45, 2.75) is 63.8 Å². The average molecular weight is 493 g/mol. The summed E-state index contributed by atoms with van der Waals surface area (Å²) in [4.78, 5) is 63.1. The Morgan fingerprint density at radius 2 is 1.94 bits per heavy atom. The predicted molar refractivity (Wildman–Crippen MR) is 124 cm³/mol. The zero-order valence-electron chi connectivity index (χ0n) is 19.3. The fourth-order valence-corrected chi connectivity index (χ4v) is 3.88. The molecule has 1 aliphatic heterocycles. The number of anilines is 1. The van der Waals surface area contributed by atoms with E-state index in [1.165, 1.54) is 25.3 Å². The monoisotopic (exact) mass is 492 g/mol. The van der Waals surface area contributed by atoms with Crippen LogP contribution in [-0.2, 0) is 23.9 Å². The van der Waals surface area contributed by atoms with Gasteiger partial charge in [0.1, 0.15) is 6.10 Å². The molecule has 34 heavy (non-hydrogen) atoms. The molecule has 0 bridgehead atoms. The van der Waals surface area contributed by atoms with E-state index in [0.29, 0.717) is 6.42 Å². The number of ketones is 1. The molecule has 10 nitrogen and oxygen atoms in total. The molecule has 3 rings (SSSR count).